The number of anilines is 1. The first-order valence-corrected chi connectivity index (χ1v) is 7.32. The summed E-state index contributed by atoms with van der Waals surface area (Å²) >= 11 is 0. The molecule has 4 nitrogen and oxygen atoms in total. The number of benzene rings is 1. The van der Waals surface area contributed by atoms with Crippen molar-refractivity contribution in [3.8, 4) is 0 Å². The molecule has 0 saturated carbocycles. The lowest BCUT2D eigenvalue weighted by Gasteiger charge is -2.37. The predicted molar refractivity (Wildman–Crippen MR) is 82.3 cm³/mol. The summed E-state index contributed by atoms with van der Waals surface area (Å²) in [5.74, 6) is 0.539. The normalized spacial score (nSPS) is 16.8. The van der Waals surface area contributed by atoms with Gasteiger partial charge in [0.1, 0.15) is 0 Å². The van der Waals surface area contributed by atoms with Crippen molar-refractivity contribution in [3.05, 3.63) is 30.3 Å². The highest BCUT2D eigenvalue weighted by Crippen LogP contribution is 2.18. The van der Waals surface area contributed by atoms with Crippen molar-refractivity contribution >= 4 is 11.6 Å². The minimum Gasteiger partial charge on any atom is -0.368 e. The molecule has 22 heavy (non-hydrogen) atoms. The second-order valence-electron chi connectivity index (χ2n) is 5.15. The van der Waals surface area contributed by atoms with Crippen LogP contribution in [0.3, 0.4) is 0 Å². The van der Waals surface area contributed by atoms with Gasteiger partial charge in [0.15, 0.2) is 5.96 Å². The zero-order valence-electron chi connectivity index (χ0n) is 12.6. The molecule has 1 aromatic carbocycles. The molecule has 0 aliphatic carbocycles. The van der Waals surface area contributed by atoms with Gasteiger partial charge in [-0.3, -0.25) is 4.99 Å². The molecule has 1 aromatic rings. The van der Waals surface area contributed by atoms with Crippen molar-refractivity contribution in [2.75, 3.05) is 44.7 Å². The molecule has 0 amide bonds. The van der Waals surface area contributed by atoms with E-state index in [1.54, 1.807) is 7.05 Å². The van der Waals surface area contributed by atoms with E-state index in [1.807, 2.05) is 23.1 Å². The summed E-state index contributed by atoms with van der Waals surface area (Å²) in [6.45, 7) is 2.98. The van der Waals surface area contributed by atoms with Crippen molar-refractivity contribution in [1.29, 1.82) is 0 Å². The highest BCUT2D eigenvalue weighted by Gasteiger charge is 2.27. The van der Waals surface area contributed by atoms with E-state index in [1.165, 1.54) is 5.69 Å². The van der Waals surface area contributed by atoms with Crippen LogP contribution in [0.5, 0.6) is 0 Å². The summed E-state index contributed by atoms with van der Waals surface area (Å²) in [5.41, 5.74) is 1.17. The molecule has 1 aliphatic heterocycles. The first-order valence-electron chi connectivity index (χ1n) is 7.32. The van der Waals surface area contributed by atoms with Gasteiger partial charge in [-0.2, -0.15) is 13.2 Å². The molecule has 7 heteroatoms. The smallest absolute Gasteiger partial charge is 0.368 e. The van der Waals surface area contributed by atoms with E-state index >= 15 is 0 Å². The summed E-state index contributed by atoms with van der Waals surface area (Å²) in [4.78, 5) is 8.33. The largest absolute Gasteiger partial charge is 0.390 e. The third kappa shape index (κ3) is 4.82. The van der Waals surface area contributed by atoms with Gasteiger partial charge in [-0.25, -0.2) is 0 Å². The fourth-order valence-electron chi connectivity index (χ4n) is 2.46. The van der Waals surface area contributed by atoms with Gasteiger partial charge in [0.05, 0.1) is 6.42 Å². The number of hydrogen-bond acceptors (Lipinski definition) is 2. The standard InChI is InChI=1S/C15H21F3N4/c1-19-14(20-8-7-15(16,17)18)22-11-9-21(10-12-22)13-5-3-2-4-6-13/h2-6H,7-12H2,1H3,(H,19,20). The first kappa shape index (κ1) is 16.5. The molecule has 0 aromatic heterocycles. The lowest BCUT2D eigenvalue weighted by molar-refractivity contribution is -0.132. The Balaban J connectivity index is 1.82. The van der Waals surface area contributed by atoms with E-state index < -0.39 is 12.6 Å². The van der Waals surface area contributed by atoms with Gasteiger partial charge in [0, 0.05) is 45.5 Å². The number of rotatable bonds is 3. The van der Waals surface area contributed by atoms with Crippen LogP contribution in [0.1, 0.15) is 6.42 Å². The van der Waals surface area contributed by atoms with Crippen LogP contribution < -0.4 is 10.2 Å². The van der Waals surface area contributed by atoms with Gasteiger partial charge >= 0.3 is 6.18 Å². The van der Waals surface area contributed by atoms with Crippen LogP contribution in [0.25, 0.3) is 0 Å². The second-order valence-corrected chi connectivity index (χ2v) is 5.15. The van der Waals surface area contributed by atoms with E-state index in [4.69, 9.17) is 0 Å². The molecule has 1 aliphatic rings. The number of para-hydroxylation sites is 1. The molecular weight excluding hydrogens is 293 g/mol. The van der Waals surface area contributed by atoms with Crippen LogP contribution in [0.4, 0.5) is 18.9 Å². The molecule has 0 spiro atoms. The van der Waals surface area contributed by atoms with Crippen molar-refractivity contribution in [3.63, 3.8) is 0 Å². The highest BCUT2D eigenvalue weighted by atomic mass is 19.4. The molecule has 2 rings (SSSR count). The number of aliphatic imine (C=N–C) groups is 1. The number of halogens is 3. The van der Waals surface area contributed by atoms with Crippen LogP contribution in [0, 0.1) is 0 Å². The Labute approximate surface area is 128 Å². The SMILES string of the molecule is CN=C(NCCC(F)(F)F)N1CCN(c2ccccc2)CC1. The second kappa shape index (κ2) is 7.38. The Morgan fingerprint density at radius 2 is 1.77 bits per heavy atom. The summed E-state index contributed by atoms with van der Waals surface area (Å²) < 4.78 is 36.6. The van der Waals surface area contributed by atoms with Crippen LogP contribution in [-0.4, -0.2) is 56.8 Å². The first-order chi connectivity index (χ1) is 10.5. The van der Waals surface area contributed by atoms with Crippen LogP contribution in [0.15, 0.2) is 35.3 Å². The summed E-state index contributed by atoms with van der Waals surface area (Å²) in [7, 11) is 1.60. The number of alkyl halides is 3. The molecule has 1 saturated heterocycles. The van der Waals surface area contributed by atoms with Gasteiger partial charge in [-0.05, 0) is 12.1 Å². The molecule has 0 atom stereocenters. The zero-order chi connectivity index (χ0) is 16.0. The molecule has 122 valence electrons. The van der Waals surface area contributed by atoms with Crippen molar-refractivity contribution in [2.45, 2.75) is 12.6 Å². The van der Waals surface area contributed by atoms with Gasteiger partial charge in [-0.15, -0.1) is 0 Å². The number of hydrogen-bond donors (Lipinski definition) is 1. The molecule has 0 bridgehead atoms. The molecule has 0 radical (unpaired) electrons. The van der Waals surface area contributed by atoms with E-state index in [2.05, 4.69) is 27.3 Å². The van der Waals surface area contributed by atoms with Gasteiger partial charge in [0.25, 0.3) is 0 Å². The van der Waals surface area contributed by atoms with Crippen LogP contribution in [-0.2, 0) is 0 Å². The topological polar surface area (TPSA) is 30.9 Å². The average Bonchev–Trinajstić information content (AvgIpc) is 2.52. The van der Waals surface area contributed by atoms with Crippen molar-refractivity contribution < 1.29 is 13.2 Å². The fraction of sp³-hybridized carbons (Fsp3) is 0.533. The Morgan fingerprint density at radius 1 is 1.14 bits per heavy atom. The highest BCUT2D eigenvalue weighted by molar-refractivity contribution is 5.80. The lowest BCUT2D eigenvalue weighted by atomic mass is 10.2. The average molecular weight is 314 g/mol. The number of piperazine rings is 1. The van der Waals surface area contributed by atoms with E-state index in [0.717, 1.165) is 26.2 Å². The van der Waals surface area contributed by atoms with Crippen LogP contribution >= 0.6 is 0 Å². The molecular formula is C15H21F3N4. The third-order valence-corrected chi connectivity index (χ3v) is 3.60. The van der Waals surface area contributed by atoms with Crippen molar-refractivity contribution in [2.24, 2.45) is 4.99 Å². The molecule has 0 unspecified atom stereocenters. The molecule has 1 N–H and O–H groups in total. The number of nitrogens with zero attached hydrogens (tertiary/aromatic N) is 3. The zero-order valence-corrected chi connectivity index (χ0v) is 12.6. The summed E-state index contributed by atoms with van der Waals surface area (Å²) in [6, 6.07) is 10.1. The molecule has 1 fully saturated rings. The lowest BCUT2D eigenvalue weighted by Crippen LogP contribution is -2.52. The minimum absolute atomic E-state index is 0.144. The number of guanidine groups is 1. The number of nitrogens with one attached hydrogen (secondary N) is 1. The third-order valence-electron chi connectivity index (χ3n) is 3.60. The maximum Gasteiger partial charge on any atom is 0.390 e. The summed E-state index contributed by atoms with van der Waals surface area (Å²) in [5, 5.41) is 2.79. The van der Waals surface area contributed by atoms with E-state index in [0.29, 0.717) is 5.96 Å². The maximum absolute atomic E-state index is 12.2. The van der Waals surface area contributed by atoms with E-state index in [9.17, 15) is 13.2 Å². The Hall–Kier alpha value is -1.92. The molecule has 1 heterocycles. The monoisotopic (exact) mass is 314 g/mol. The van der Waals surface area contributed by atoms with E-state index in [-0.39, 0.29) is 6.54 Å². The van der Waals surface area contributed by atoms with Crippen LogP contribution in [0.2, 0.25) is 0 Å². The Morgan fingerprint density at radius 3 is 2.32 bits per heavy atom. The van der Waals surface area contributed by atoms with Gasteiger partial charge < -0.3 is 15.1 Å². The van der Waals surface area contributed by atoms with Crippen molar-refractivity contribution in [1.82, 2.24) is 10.2 Å². The minimum atomic E-state index is -4.14. The summed E-state index contributed by atoms with van der Waals surface area (Å²) in [6.07, 6.45) is -4.99. The fourth-order valence-corrected chi connectivity index (χ4v) is 2.46. The van der Waals surface area contributed by atoms with Gasteiger partial charge in [-0.1, -0.05) is 18.2 Å². The Bertz CT molecular complexity index is 479. The van der Waals surface area contributed by atoms with Gasteiger partial charge in [0.2, 0.25) is 0 Å². The predicted octanol–water partition coefficient (Wildman–Crippen LogP) is 2.34. The maximum atomic E-state index is 12.2. The Kier molecular flexibility index (Phi) is 5.51. The quantitative estimate of drug-likeness (QED) is 0.686.